The summed E-state index contributed by atoms with van der Waals surface area (Å²) >= 11 is 1.73. The number of carbonyl (C=O) groups is 1. The van der Waals surface area contributed by atoms with Crippen molar-refractivity contribution in [2.75, 3.05) is 33.6 Å². The van der Waals surface area contributed by atoms with Crippen molar-refractivity contribution in [3.05, 3.63) is 83.4 Å². The SMILES string of the molecule is COc1cc(OC)cc(C(=O)N2CCS[C@H]2c2ccc(OC)c(OCc3ccccc3)c2)c1. The van der Waals surface area contributed by atoms with Crippen molar-refractivity contribution in [1.82, 2.24) is 4.90 Å². The van der Waals surface area contributed by atoms with E-state index in [9.17, 15) is 4.79 Å². The fraction of sp³-hybridized carbons (Fsp3) is 0.269. The summed E-state index contributed by atoms with van der Waals surface area (Å²) in [7, 11) is 4.78. The van der Waals surface area contributed by atoms with Crippen molar-refractivity contribution in [2.24, 2.45) is 0 Å². The molecule has 0 spiro atoms. The number of rotatable bonds is 8. The molecule has 7 heteroatoms. The molecule has 1 saturated heterocycles. The van der Waals surface area contributed by atoms with E-state index in [4.69, 9.17) is 18.9 Å². The highest BCUT2D eigenvalue weighted by Crippen LogP contribution is 2.42. The van der Waals surface area contributed by atoms with Gasteiger partial charge < -0.3 is 23.8 Å². The molecule has 6 nitrogen and oxygen atoms in total. The molecule has 1 aliphatic rings. The van der Waals surface area contributed by atoms with Crippen LogP contribution in [0.15, 0.2) is 66.7 Å². The van der Waals surface area contributed by atoms with Gasteiger partial charge >= 0.3 is 0 Å². The van der Waals surface area contributed by atoms with Crippen molar-refractivity contribution in [2.45, 2.75) is 12.0 Å². The van der Waals surface area contributed by atoms with Gasteiger partial charge in [-0.25, -0.2) is 0 Å². The Labute approximate surface area is 198 Å². The molecule has 0 bridgehead atoms. The van der Waals surface area contributed by atoms with Gasteiger partial charge in [0.05, 0.1) is 21.3 Å². The van der Waals surface area contributed by atoms with Crippen molar-refractivity contribution in [1.29, 1.82) is 0 Å². The van der Waals surface area contributed by atoms with E-state index in [2.05, 4.69) is 0 Å². The molecule has 4 rings (SSSR count). The molecule has 1 amide bonds. The van der Waals surface area contributed by atoms with Crippen LogP contribution in [0.4, 0.5) is 0 Å². The van der Waals surface area contributed by atoms with Gasteiger partial charge in [-0.1, -0.05) is 36.4 Å². The average Bonchev–Trinajstić information content (AvgIpc) is 3.37. The van der Waals surface area contributed by atoms with Gasteiger partial charge in [0.15, 0.2) is 11.5 Å². The molecular weight excluding hydrogens is 438 g/mol. The first-order valence-corrected chi connectivity index (χ1v) is 11.7. The summed E-state index contributed by atoms with van der Waals surface area (Å²) in [6, 6.07) is 21.1. The van der Waals surface area contributed by atoms with Crippen LogP contribution >= 0.6 is 11.8 Å². The third-order valence-electron chi connectivity index (χ3n) is 5.46. The van der Waals surface area contributed by atoms with Crippen molar-refractivity contribution in [3.63, 3.8) is 0 Å². The Hall–Kier alpha value is -3.32. The smallest absolute Gasteiger partial charge is 0.255 e. The minimum atomic E-state index is -0.125. The lowest BCUT2D eigenvalue weighted by atomic mass is 10.1. The Morgan fingerprint density at radius 3 is 2.30 bits per heavy atom. The molecule has 3 aromatic carbocycles. The second kappa shape index (κ2) is 10.5. The maximum Gasteiger partial charge on any atom is 0.255 e. The summed E-state index contributed by atoms with van der Waals surface area (Å²) in [4.78, 5) is 15.3. The number of hydrogen-bond donors (Lipinski definition) is 0. The average molecular weight is 466 g/mol. The van der Waals surface area contributed by atoms with Crippen LogP contribution in [0.5, 0.6) is 23.0 Å². The fourth-order valence-corrected chi connectivity index (χ4v) is 4.99. The van der Waals surface area contributed by atoms with Crippen LogP contribution in [0, 0.1) is 0 Å². The van der Waals surface area contributed by atoms with Gasteiger partial charge in [0.1, 0.15) is 23.5 Å². The zero-order chi connectivity index (χ0) is 23.2. The van der Waals surface area contributed by atoms with Crippen molar-refractivity contribution in [3.8, 4) is 23.0 Å². The fourth-order valence-electron chi connectivity index (χ4n) is 3.75. The number of thioether (sulfide) groups is 1. The minimum absolute atomic E-state index is 0.0650. The van der Waals surface area contributed by atoms with E-state index in [-0.39, 0.29) is 11.3 Å². The molecule has 3 aromatic rings. The standard InChI is InChI=1S/C26H27NO5S/c1-29-21-13-20(14-22(16-21)30-2)25(28)27-11-12-33-26(27)19-9-10-23(31-3)24(15-19)32-17-18-7-5-4-6-8-18/h4-10,13-16,26H,11-12,17H2,1-3H3/t26-/m0/s1. The molecule has 0 N–H and O–H groups in total. The Kier molecular flexibility index (Phi) is 7.29. The number of benzene rings is 3. The van der Waals surface area contributed by atoms with Gasteiger partial charge in [-0.05, 0) is 35.4 Å². The Balaban J connectivity index is 1.58. The van der Waals surface area contributed by atoms with Gasteiger partial charge in [0, 0.05) is 23.9 Å². The molecule has 172 valence electrons. The van der Waals surface area contributed by atoms with E-state index in [0.29, 0.717) is 41.7 Å². The predicted molar refractivity (Wildman–Crippen MR) is 130 cm³/mol. The second-order valence-corrected chi connectivity index (χ2v) is 8.70. The molecule has 33 heavy (non-hydrogen) atoms. The summed E-state index contributed by atoms with van der Waals surface area (Å²) in [5.74, 6) is 3.27. The maximum absolute atomic E-state index is 13.4. The van der Waals surface area contributed by atoms with Crippen LogP contribution in [-0.4, -0.2) is 44.4 Å². The molecule has 0 aliphatic carbocycles. The highest BCUT2D eigenvalue weighted by molar-refractivity contribution is 7.99. The summed E-state index contributed by atoms with van der Waals surface area (Å²) < 4.78 is 22.3. The van der Waals surface area contributed by atoms with E-state index in [1.165, 1.54) is 0 Å². The zero-order valence-electron chi connectivity index (χ0n) is 18.9. The van der Waals surface area contributed by atoms with Gasteiger partial charge in [0.2, 0.25) is 0 Å². The van der Waals surface area contributed by atoms with E-state index in [1.807, 2.05) is 53.4 Å². The molecule has 1 aliphatic heterocycles. The lowest BCUT2D eigenvalue weighted by Crippen LogP contribution is -2.30. The van der Waals surface area contributed by atoms with Gasteiger partial charge in [-0.3, -0.25) is 4.79 Å². The second-order valence-electron chi connectivity index (χ2n) is 7.51. The Morgan fingerprint density at radius 2 is 1.64 bits per heavy atom. The monoisotopic (exact) mass is 465 g/mol. The van der Waals surface area contributed by atoms with Crippen LogP contribution < -0.4 is 18.9 Å². The topological polar surface area (TPSA) is 57.2 Å². The first kappa shape index (κ1) is 22.9. The molecule has 1 atom stereocenters. The van der Waals surface area contributed by atoms with Crippen molar-refractivity contribution >= 4 is 17.7 Å². The number of carbonyl (C=O) groups excluding carboxylic acids is 1. The van der Waals surface area contributed by atoms with E-state index in [1.54, 1.807) is 51.3 Å². The predicted octanol–water partition coefficient (Wildman–Crippen LogP) is 5.18. The Morgan fingerprint density at radius 1 is 0.909 bits per heavy atom. The molecule has 0 saturated carbocycles. The minimum Gasteiger partial charge on any atom is -0.497 e. The van der Waals surface area contributed by atoms with Gasteiger partial charge in [-0.15, -0.1) is 11.8 Å². The highest BCUT2D eigenvalue weighted by Gasteiger charge is 2.32. The third kappa shape index (κ3) is 5.20. The number of ether oxygens (including phenoxy) is 4. The lowest BCUT2D eigenvalue weighted by Gasteiger charge is -2.25. The number of amides is 1. The summed E-state index contributed by atoms with van der Waals surface area (Å²) in [6.45, 7) is 1.09. The number of nitrogens with zero attached hydrogens (tertiary/aromatic N) is 1. The van der Waals surface area contributed by atoms with E-state index >= 15 is 0 Å². The normalized spacial score (nSPS) is 15.2. The summed E-state index contributed by atoms with van der Waals surface area (Å²) in [5.41, 5.74) is 2.60. The molecule has 0 aromatic heterocycles. The zero-order valence-corrected chi connectivity index (χ0v) is 19.8. The summed E-state index contributed by atoms with van der Waals surface area (Å²) in [5, 5.41) is -0.125. The van der Waals surface area contributed by atoms with Gasteiger partial charge in [0.25, 0.3) is 5.91 Å². The molecular formula is C26H27NO5S. The van der Waals surface area contributed by atoms with Crippen LogP contribution in [0.1, 0.15) is 26.9 Å². The Bertz CT molecular complexity index is 1080. The first-order valence-electron chi connectivity index (χ1n) is 10.6. The molecule has 1 fully saturated rings. The first-order chi connectivity index (χ1) is 16.1. The van der Waals surface area contributed by atoms with Gasteiger partial charge in [-0.2, -0.15) is 0 Å². The van der Waals surface area contributed by atoms with Crippen LogP contribution in [0.3, 0.4) is 0 Å². The summed E-state index contributed by atoms with van der Waals surface area (Å²) in [6.07, 6.45) is 0. The molecule has 0 radical (unpaired) electrons. The van der Waals surface area contributed by atoms with Crippen LogP contribution in [-0.2, 0) is 6.61 Å². The van der Waals surface area contributed by atoms with Crippen LogP contribution in [0.25, 0.3) is 0 Å². The maximum atomic E-state index is 13.4. The lowest BCUT2D eigenvalue weighted by molar-refractivity contribution is 0.0759. The van der Waals surface area contributed by atoms with Crippen molar-refractivity contribution < 1.29 is 23.7 Å². The highest BCUT2D eigenvalue weighted by atomic mass is 32.2. The largest absolute Gasteiger partial charge is 0.497 e. The van der Waals surface area contributed by atoms with E-state index in [0.717, 1.165) is 16.9 Å². The quantitative estimate of drug-likeness (QED) is 0.457. The molecule has 0 unspecified atom stereocenters. The number of methoxy groups -OCH3 is 3. The van der Waals surface area contributed by atoms with E-state index < -0.39 is 0 Å². The molecule has 1 heterocycles. The van der Waals surface area contributed by atoms with Crippen LogP contribution in [0.2, 0.25) is 0 Å². The number of hydrogen-bond acceptors (Lipinski definition) is 6. The third-order valence-corrected chi connectivity index (χ3v) is 6.72.